The number of rotatable bonds is 4. The second kappa shape index (κ2) is 5.14. The zero-order valence-electron chi connectivity index (χ0n) is 12.1. The Labute approximate surface area is 124 Å². The van der Waals surface area contributed by atoms with E-state index < -0.39 is 10.0 Å². The Morgan fingerprint density at radius 3 is 2.57 bits per heavy atom. The van der Waals surface area contributed by atoms with Crippen molar-refractivity contribution in [3.05, 3.63) is 18.0 Å². The number of amides is 1. The van der Waals surface area contributed by atoms with Crippen LogP contribution in [0.2, 0.25) is 0 Å². The largest absolute Gasteiger partial charge is 0.348 e. The molecule has 1 amide bonds. The Balaban J connectivity index is 1.83. The van der Waals surface area contributed by atoms with E-state index >= 15 is 0 Å². The zero-order chi connectivity index (χ0) is 15.2. The summed E-state index contributed by atoms with van der Waals surface area (Å²) in [5, 5.41) is 8.19. The number of nitrogens with zero attached hydrogens (tertiary/aromatic N) is 1. The van der Waals surface area contributed by atoms with Crippen molar-refractivity contribution >= 4 is 15.9 Å². The number of primary sulfonamides is 1. The number of nitrogens with one attached hydrogen (secondary N) is 1. The molecule has 3 N–H and O–H groups in total. The average Bonchev–Trinajstić information content (AvgIpc) is 2.98. The van der Waals surface area contributed by atoms with E-state index in [1.165, 1.54) is 12.3 Å². The van der Waals surface area contributed by atoms with E-state index in [4.69, 9.17) is 5.14 Å². The average molecular weight is 311 g/mol. The summed E-state index contributed by atoms with van der Waals surface area (Å²) in [7, 11) is -3.78. The smallest absolute Gasteiger partial charge is 0.268 e. The lowest BCUT2D eigenvalue weighted by Crippen LogP contribution is -2.34. The molecule has 0 aromatic carbocycles. The van der Waals surface area contributed by atoms with Gasteiger partial charge >= 0.3 is 0 Å². The highest BCUT2D eigenvalue weighted by molar-refractivity contribution is 7.89. The molecule has 7 heteroatoms. The van der Waals surface area contributed by atoms with Gasteiger partial charge in [-0.1, -0.05) is 6.92 Å². The van der Waals surface area contributed by atoms with E-state index in [0.29, 0.717) is 11.6 Å². The highest BCUT2D eigenvalue weighted by Crippen LogP contribution is 2.37. The van der Waals surface area contributed by atoms with Gasteiger partial charge in [0, 0.05) is 18.3 Å². The number of aromatic nitrogens is 1. The van der Waals surface area contributed by atoms with Crippen LogP contribution < -0.4 is 10.5 Å². The highest BCUT2D eigenvalue weighted by atomic mass is 32.2. The maximum absolute atomic E-state index is 12.4. The summed E-state index contributed by atoms with van der Waals surface area (Å²) in [6, 6.07) is 1.80. The van der Waals surface area contributed by atoms with Gasteiger partial charge in [0.25, 0.3) is 5.91 Å². The normalized spacial score (nSPS) is 26.0. The Kier molecular flexibility index (Phi) is 3.57. The molecule has 1 heterocycles. The molecule has 2 atom stereocenters. The first-order valence-electron chi connectivity index (χ1n) is 7.40. The molecule has 2 saturated carbocycles. The minimum atomic E-state index is -3.78. The first-order valence-corrected chi connectivity index (χ1v) is 8.95. The monoisotopic (exact) mass is 311 g/mol. The minimum Gasteiger partial charge on any atom is -0.348 e. The van der Waals surface area contributed by atoms with Crippen molar-refractivity contribution in [3.8, 4) is 0 Å². The van der Waals surface area contributed by atoms with Crippen LogP contribution in [0, 0.1) is 5.92 Å². The molecule has 3 rings (SSSR count). The molecular weight excluding hydrogens is 290 g/mol. The van der Waals surface area contributed by atoms with E-state index in [1.54, 1.807) is 4.57 Å². The molecule has 2 fully saturated rings. The molecule has 0 radical (unpaired) electrons. The van der Waals surface area contributed by atoms with Crippen LogP contribution >= 0.6 is 0 Å². The predicted octanol–water partition coefficient (Wildman–Crippen LogP) is 1.39. The first-order chi connectivity index (χ1) is 9.84. The van der Waals surface area contributed by atoms with E-state index in [9.17, 15) is 13.2 Å². The van der Waals surface area contributed by atoms with Gasteiger partial charge in [0.15, 0.2) is 0 Å². The maximum Gasteiger partial charge on any atom is 0.268 e. The van der Waals surface area contributed by atoms with Gasteiger partial charge in [-0.15, -0.1) is 0 Å². The number of nitrogens with two attached hydrogens (primary N) is 1. The summed E-state index contributed by atoms with van der Waals surface area (Å²) in [4.78, 5) is 12.4. The van der Waals surface area contributed by atoms with Crippen LogP contribution in [0.5, 0.6) is 0 Å². The predicted molar refractivity (Wildman–Crippen MR) is 78.3 cm³/mol. The van der Waals surface area contributed by atoms with Crippen LogP contribution in [0.4, 0.5) is 0 Å². The standard InChI is InChI=1S/C14H21N3O3S/c1-9-2-3-10(6-9)16-14(18)13-7-12(21(15,19)20)8-17(13)11-4-5-11/h7-11H,2-6H2,1H3,(H,16,18)(H2,15,19,20). The number of sulfonamides is 1. The van der Waals surface area contributed by atoms with Crippen molar-refractivity contribution in [3.63, 3.8) is 0 Å². The van der Waals surface area contributed by atoms with Crippen LogP contribution in [0.1, 0.15) is 55.6 Å². The Morgan fingerprint density at radius 1 is 1.33 bits per heavy atom. The quantitative estimate of drug-likeness (QED) is 0.879. The highest BCUT2D eigenvalue weighted by Gasteiger charge is 2.31. The summed E-state index contributed by atoms with van der Waals surface area (Å²) in [6.07, 6.45) is 6.52. The van der Waals surface area contributed by atoms with Crippen molar-refractivity contribution in [1.82, 2.24) is 9.88 Å². The van der Waals surface area contributed by atoms with Crippen LogP contribution in [0.3, 0.4) is 0 Å². The van der Waals surface area contributed by atoms with E-state index in [0.717, 1.165) is 32.1 Å². The summed E-state index contributed by atoms with van der Waals surface area (Å²) >= 11 is 0. The summed E-state index contributed by atoms with van der Waals surface area (Å²) < 4.78 is 24.7. The molecule has 116 valence electrons. The molecule has 6 nitrogen and oxygen atoms in total. The van der Waals surface area contributed by atoms with Crippen molar-refractivity contribution < 1.29 is 13.2 Å². The Hall–Kier alpha value is -1.34. The molecule has 1 aromatic rings. The van der Waals surface area contributed by atoms with Crippen LogP contribution in [-0.2, 0) is 10.0 Å². The van der Waals surface area contributed by atoms with E-state index in [2.05, 4.69) is 12.2 Å². The number of hydrogen-bond donors (Lipinski definition) is 2. The molecule has 0 spiro atoms. The van der Waals surface area contributed by atoms with Gasteiger partial charge in [0.1, 0.15) is 10.6 Å². The summed E-state index contributed by atoms with van der Waals surface area (Å²) in [5.74, 6) is 0.432. The number of carbonyl (C=O) groups excluding carboxylic acids is 1. The van der Waals surface area contributed by atoms with Gasteiger partial charge in [0.2, 0.25) is 10.0 Å². The van der Waals surface area contributed by atoms with Crippen molar-refractivity contribution in [2.45, 2.75) is 56.0 Å². The fourth-order valence-corrected chi connectivity index (χ4v) is 3.58. The van der Waals surface area contributed by atoms with Gasteiger partial charge < -0.3 is 9.88 Å². The Morgan fingerprint density at radius 2 is 2.05 bits per heavy atom. The SMILES string of the molecule is CC1CCC(NC(=O)c2cc(S(N)(=O)=O)cn2C2CC2)C1. The number of carbonyl (C=O) groups is 1. The molecule has 2 aliphatic rings. The summed E-state index contributed by atoms with van der Waals surface area (Å²) in [6.45, 7) is 2.18. The van der Waals surface area contributed by atoms with Gasteiger partial charge in [-0.2, -0.15) is 0 Å². The van der Waals surface area contributed by atoms with Gasteiger partial charge in [-0.05, 0) is 44.1 Å². The van der Waals surface area contributed by atoms with Crippen molar-refractivity contribution in [1.29, 1.82) is 0 Å². The van der Waals surface area contributed by atoms with Crippen molar-refractivity contribution in [2.24, 2.45) is 11.1 Å². The van der Waals surface area contributed by atoms with E-state index in [-0.39, 0.29) is 22.9 Å². The first kappa shape index (κ1) is 14.6. The molecule has 2 aliphatic carbocycles. The van der Waals surface area contributed by atoms with Crippen LogP contribution in [0.15, 0.2) is 17.2 Å². The fourth-order valence-electron chi connectivity index (χ4n) is 3.04. The third kappa shape index (κ3) is 3.13. The van der Waals surface area contributed by atoms with Crippen LogP contribution in [0.25, 0.3) is 0 Å². The second-order valence-corrected chi connectivity index (χ2v) is 7.89. The maximum atomic E-state index is 12.4. The van der Waals surface area contributed by atoms with Gasteiger partial charge in [0.05, 0.1) is 0 Å². The molecule has 0 saturated heterocycles. The molecule has 21 heavy (non-hydrogen) atoms. The topological polar surface area (TPSA) is 94.2 Å². The molecular formula is C14H21N3O3S. The van der Waals surface area contributed by atoms with Gasteiger partial charge in [-0.3, -0.25) is 4.79 Å². The third-order valence-corrected chi connectivity index (χ3v) is 5.24. The lowest BCUT2D eigenvalue weighted by molar-refractivity contribution is 0.0927. The lowest BCUT2D eigenvalue weighted by atomic mass is 10.1. The van der Waals surface area contributed by atoms with Crippen molar-refractivity contribution in [2.75, 3.05) is 0 Å². The minimum absolute atomic E-state index is 0.0133. The molecule has 0 aliphatic heterocycles. The lowest BCUT2D eigenvalue weighted by Gasteiger charge is -2.13. The fraction of sp³-hybridized carbons (Fsp3) is 0.643. The van der Waals surface area contributed by atoms with Gasteiger partial charge in [-0.25, -0.2) is 13.6 Å². The molecule has 1 aromatic heterocycles. The number of hydrogen-bond acceptors (Lipinski definition) is 3. The second-order valence-electron chi connectivity index (χ2n) is 6.33. The van der Waals surface area contributed by atoms with E-state index in [1.807, 2.05) is 0 Å². The zero-order valence-corrected chi connectivity index (χ0v) is 12.9. The van der Waals surface area contributed by atoms with Crippen LogP contribution in [-0.4, -0.2) is 24.9 Å². The molecule has 2 unspecified atom stereocenters. The third-order valence-electron chi connectivity index (χ3n) is 4.35. The summed E-state index contributed by atoms with van der Waals surface area (Å²) in [5.41, 5.74) is 0.404. The Bertz CT molecular complexity index is 661. The molecule has 0 bridgehead atoms.